The minimum absolute atomic E-state index is 0.252. The van der Waals surface area contributed by atoms with Gasteiger partial charge in [0.2, 0.25) is 0 Å². The first-order valence-corrected chi connectivity index (χ1v) is 6.79. The molecule has 1 aliphatic rings. The van der Waals surface area contributed by atoms with Crippen molar-refractivity contribution < 1.29 is 9.18 Å². The third-order valence-electron chi connectivity index (χ3n) is 3.42. The van der Waals surface area contributed by atoms with Gasteiger partial charge in [-0.3, -0.25) is 4.79 Å². The lowest BCUT2D eigenvalue weighted by Crippen LogP contribution is -2.27. The summed E-state index contributed by atoms with van der Waals surface area (Å²) in [7, 11) is 0. The molecule has 0 bridgehead atoms. The van der Waals surface area contributed by atoms with E-state index in [9.17, 15) is 9.18 Å². The number of rotatable bonds is 5. The Hall–Kier alpha value is -2.17. The van der Waals surface area contributed by atoms with E-state index in [4.69, 9.17) is 0 Å². The molecule has 1 heterocycles. The van der Waals surface area contributed by atoms with Gasteiger partial charge >= 0.3 is 0 Å². The predicted molar refractivity (Wildman–Crippen MR) is 72.9 cm³/mol. The molecule has 5 heteroatoms. The summed E-state index contributed by atoms with van der Waals surface area (Å²) in [5, 5.41) is 2.80. The molecule has 1 aliphatic carbocycles. The van der Waals surface area contributed by atoms with E-state index in [-0.39, 0.29) is 5.91 Å². The molecule has 20 heavy (non-hydrogen) atoms. The minimum Gasteiger partial charge on any atom is -0.350 e. The highest BCUT2D eigenvalue weighted by molar-refractivity contribution is 5.94. The SMILES string of the molecule is O=C(NCCn1ccnc1C1CC1)c1cccc(F)c1. The average Bonchev–Trinajstić information content (AvgIpc) is 3.18. The van der Waals surface area contributed by atoms with Crippen LogP contribution in [-0.2, 0) is 6.54 Å². The lowest BCUT2D eigenvalue weighted by molar-refractivity contribution is 0.0951. The van der Waals surface area contributed by atoms with Crippen LogP contribution in [-0.4, -0.2) is 22.0 Å². The number of nitrogens with one attached hydrogen (secondary N) is 1. The summed E-state index contributed by atoms with van der Waals surface area (Å²) in [6, 6.07) is 5.70. The van der Waals surface area contributed by atoms with Crippen LogP contribution in [0.25, 0.3) is 0 Å². The topological polar surface area (TPSA) is 46.9 Å². The summed E-state index contributed by atoms with van der Waals surface area (Å²) < 4.78 is 15.1. The molecular formula is C15H16FN3O. The maximum atomic E-state index is 13.0. The maximum Gasteiger partial charge on any atom is 0.251 e. The van der Waals surface area contributed by atoms with Gasteiger partial charge in [-0.1, -0.05) is 6.07 Å². The van der Waals surface area contributed by atoms with Crippen LogP contribution >= 0.6 is 0 Å². The summed E-state index contributed by atoms with van der Waals surface area (Å²) in [5.41, 5.74) is 0.345. The van der Waals surface area contributed by atoms with Crippen LogP contribution < -0.4 is 5.32 Å². The lowest BCUT2D eigenvalue weighted by atomic mass is 10.2. The van der Waals surface area contributed by atoms with Gasteiger partial charge < -0.3 is 9.88 Å². The first kappa shape index (κ1) is 12.8. The van der Waals surface area contributed by atoms with Crippen molar-refractivity contribution >= 4 is 5.91 Å². The second-order valence-corrected chi connectivity index (χ2v) is 5.02. The zero-order chi connectivity index (χ0) is 13.9. The Balaban J connectivity index is 1.54. The van der Waals surface area contributed by atoms with Crippen LogP contribution in [0.1, 0.15) is 34.9 Å². The normalized spacial score (nSPS) is 14.2. The van der Waals surface area contributed by atoms with Crippen LogP contribution in [0.2, 0.25) is 0 Å². The van der Waals surface area contributed by atoms with E-state index in [2.05, 4.69) is 14.9 Å². The molecule has 1 aromatic carbocycles. The standard InChI is InChI=1S/C15H16FN3O/c16-13-3-1-2-12(10-13)15(20)18-7-9-19-8-6-17-14(19)11-4-5-11/h1-3,6,8,10-11H,4-5,7,9H2,(H,18,20). The number of hydrogen-bond donors (Lipinski definition) is 1. The van der Waals surface area contributed by atoms with Gasteiger partial charge in [-0.25, -0.2) is 9.37 Å². The summed E-state index contributed by atoms with van der Waals surface area (Å²) in [5.74, 6) is 1.04. The molecule has 1 amide bonds. The molecule has 1 saturated carbocycles. The fraction of sp³-hybridized carbons (Fsp3) is 0.333. The Bertz CT molecular complexity index is 619. The molecule has 0 atom stereocenters. The first-order chi connectivity index (χ1) is 9.74. The number of carbonyl (C=O) groups is 1. The Labute approximate surface area is 116 Å². The van der Waals surface area contributed by atoms with Crippen LogP contribution in [0.3, 0.4) is 0 Å². The Morgan fingerprint density at radius 3 is 3.05 bits per heavy atom. The van der Waals surface area contributed by atoms with E-state index < -0.39 is 5.82 Å². The van der Waals surface area contributed by atoms with Gasteiger partial charge in [-0.2, -0.15) is 0 Å². The van der Waals surface area contributed by atoms with Gasteiger partial charge in [-0.15, -0.1) is 0 Å². The minimum atomic E-state index is -0.400. The number of imidazole rings is 1. The van der Waals surface area contributed by atoms with Gasteiger partial charge in [0, 0.05) is 37.0 Å². The molecule has 1 N–H and O–H groups in total. The number of hydrogen-bond acceptors (Lipinski definition) is 2. The Morgan fingerprint density at radius 1 is 1.45 bits per heavy atom. The summed E-state index contributed by atoms with van der Waals surface area (Å²) in [6.45, 7) is 1.19. The molecule has 0 saturated heterocycles. The number of amides is 1. The molecule has 2 aromatic rings. The Kier molecular flexibility index (Phi) is 3.50. The molecule has 104 valence electrons. The highest BCUT2D eigenvalue weighted by atomic mass is 19.1. The number of benzene rings is 1. The molecule has 1 aromatic heterocycles. The predicted octanol–water partition coefficient (Wildman–Crippen LogP) is 2.33. The first-order valence-electron chi connectivity index (χ1n) is 6.79. The van der Waals surface area contributed by atoms with Gasteiger partial charge in [0.25, 0.3) is 5.91 Å². The zero-order valence-electron chi connectivity index (χ0n) is 11.1. The second kappa shape index (κ2) is 5.45. The molecule has 0 unspecified atom stereocenters. The largest absolute Gasteiger partial charge is 0.350 e. The average molecular weight is 273 g/mol. The van der Waals surface area contributed by atoms with Crippen LogP contribution in [0, 0.1) is 5.82 Å². The van der Waals surface area contributed by atoms with Gasteiger partial charge in [0.1, 0.15) is 11.6 Å². The smallest absolute Gasteiger partial charge is 0.251 e. The quantitative estimate of drug-likeness (QED) is 0.909. The zero-order valence-corrected chi connectivity index (χ0v) is 11.1. The third kappa shape index (κ3) is 2.87. The van der Waals surface area contributed by atoms with Crippen LogP contribution in [0.5, 0.6) is 0 Å². The van der Waals surface area contributed by atoms with Crippen LogP contribution in [0.15, 0.2) is 36.7 Å². The summed E-state index contributed by atoms with van der Waals surface area (Å²) in [6.07, 6.45) is 6.13. The fourth-order valence-corrected chi connectivity index (χ4v) is 2.23. The van der Waals surface area contributed by atoms with E-state index in [1.165, 1.54) is 31.0 Å². The van der Waals surface area contributed by atoms with Crippen LogP contribution in [0.4, 0.5) is 4.39 Å². The van der Waals surface area contributed by atoms with Gasteiger partial charge in [-0.05, 0) is 31.0 Å². The molecule has 0 radical (unpaired) electrons. The van der Waals surface area contributed by atoms with Crippen molar-refractivity contribution in [2.45, 2.75) is 25.3 Å². The van der Waals surface area contributed by atoms with Gasteiger partial charge in [0.15, 0.2) is 0 Å². The van der Waals surface area contributed by atoms with E-state index in [1.54, 1.807) is 12.3 Å². The molecule has 4 nitrogen and oxygen atoms in total. The van der Waals surface area contributed by atoms with Crippen molar-refractivity contribution in [1.82, 2.24) is 14.9 Å². The molecular weight excluding hydrogens is 257 g/mol. The molecule has 0 spiro atoms. The third-order valence-corrected chi connectivity index (χ3v) is 3.42. The van der Waals surface area contributed by atoms with Gasteiger partial charge in [0.05, 0.1) is 0 Å². The molecule has 1 fully saturated rings. The van der Waals surface area contributed by atoms with E-state index in [1.807, 2.05) is 6.20 Å². The number of nitrogens with zero attached hydrogens (tertiary/aromatic N) is 2. The highest BCUT2D eigenvalue weighted by Gasteiger charge is 2.27. The van der Waals surface area contributed by atoms with Crippen molar-refractivity contribution in [2.75, 3.05) is 6.54 Å². The van der Waals surface area contributed by atoms with Crippen molar-refractivity contribution in [3.05, 3.63) is 53.9 Å². The molecule has 0 aliphatic heterocycles. The lowest BCUT2D eigenvalue weighted by Gasteiger charge is -2.08. The van der Waals surface area contributed by atoms with Crippen molar-refractivity contribution in [3.63, 3.8) is 0 Å². The summed E-state index contributed by atoms with van der Waals surface area (Å²) in [4.78, 5) is 16.2. The maximum absolute atomic E-state index is 13.0. The van der Waals surface area contributed by atoms with E-state index in [0.29, 0.717) is 24.6 Å². The highest BCUT2D eigenvalue weighted by Crippen LogP contribution is 2.38. The fourth-order valence-electron chi connectivity index (χ4n) is 2.23. The van der Waals surface area contributed by atoms with Crippen molar-refractivity contribution in [2.24, 2.45) is 0 Å². The van der Waals surface area contributed by atoms with Crippen molar-refractivity contribution in [3.8, 4) is 0 Å². The molecule has 3 rings (SSSR count). The van der Waals surface area contributed by atoms with Crippen molar-refractivity contribution in [1.29, 1.82) is 0 Å². The number of carbonyl (C=O) groups excluding carboxylic acids is 1. The van der Waals surface area contributed by atoms with E-state index >= 15 is 0 Å². The summed E-state index contributed by atoms with van der Waals surface area (Å²) >= 11 is 0. The Morgan fingerprint density at radius 2 is 2.30 bits per heavy atom. The van der Waals surface area contributed by atoms with E-state index in [0.717, 1.165) is 5.82 Å². The number of aromatic nitrogens is 2. The second-order valence-electron chi connectivity index (χ2n) is 5.02. The number of halogens is 1. The monoisotopic (exact) mass is 273 g/mol.